The molecule has 1 aliphatic rings. The van der Waals surface area contributed by atoms with Crippen molar-refractivity contribution in [3.05, 3.63) is 30.1 Å². The second-order valence-corrected chi connectivity index (χ2v) is 6.13. The molecule has 0 aliphatic carbocycles. The lowest BCUT2D eigenvalue weighted by atomic mass is 9.99. The largest absolute Gasteiger partial charge is 0.338 e. The smallest absolute Gasteiger partial charge is 0.314 e. The zero-order valence-corrected chi connectivity index (χ0v) is 13.6. The van der Waals surface area contributed by atoms with Gasteiger partial charge in [-0.1, -0.05) is 13.0 Å². The van der Waals surface area contributed by atoms with Crippen molar-refractivity contribution >= 4 is 6.03 Å². The van der Waals surface area contributed by atoms with Gasteiger partial charge in [-0.3, -0.25) is 4.98 Å². The minimum Gasteiger partial charge on any atom is -0.338 e. The molecule has 2 amide bonds. The summed E-state index contributed by atoms with van der Waals surface area (Å²) in [6.45, 7) is 7.18. The fourth-order valence-electron chi connectivity index (χ4n) is 2.70. The van der Waals surface area contributed by atoms with E-state index in [2.05, 4.69) is 27.4 Å². The molecule has 1 aromatic rings. The van der Waals surface area contributed by atoms with Crippen LogP contribution < -0.4 is 10.6 Å². The van der Waals surface area contributed by atoms with E-state index in [0.717, 1.165) is 37.5 Å². The third-order valence-electron chi connectivity index (χ3n) is 4.21. The van der Waals surface area contributed by atoms with Crippen LogP contribution in [0.5, 0.6) is 0 Å². The number of amides is 2. The number of likely N-dealkylation sites (tertiary alicyclic amines) is 1. The molecule has 1 saturated heterocycles. The second-order valence-electron chi connectivity index (χ2n) is 6.13. The highest BCUT2D eigenvalue weighted by Gasteiger charge is 2.14. The van der Waals surface area contributed by atoms with Crippen molar-refractivity contribution in [2.45, 2.75) is 32.6 Å². The summed E-state index contributed by atoms with van der Waals surface area (Å²) in [5.74, 6) is 0.874. The van der Waals surface area contributed by atoms with E-state index in [9.17, 15) is 4.79 Å². The first kappa shape index (κ1) is 16.7. The fourth-order valence-corrected chi connectivity index (χ4v) is 2.70. The molecule has 1 aromatic heterocycles. The third kappa shape index (κ3) is 6.43. The molecule has 2 heterocycles. The lowest BCUT2D eigenvalue weighted by Gasteiger charge is -2.30. The van der Waals surface area contributed by atoms with Crippen LogP contribution >= 0.6 is 0 Å². The summed E-state index contributed by atoms with van der Waals surface area (Å²) in [6, 6.07) is 5.75. The van der Waals surface area contributed by atoms with Gasteiger partial charge in [-0.05, 0) is 56.9 Å². The van der Waals surface area contributed by atoms with Crippen LogP contribution in [0.1, 0.15) is 31.9 Å². The van der Waals surface area contributed by atoms with Gasteiger partial charge >= 0.3 is 6.03 Å². The van der Waals surface area contributed by atoms with Crippen LogP contribution in [0.15, 0.2) is 24.4 Å². The highest BCUT2D eigenvalue weighted by molar-refractivity contribution is 5.73. The Kier molecular flexibility index (Phi) is 7.16. The number of pyridine rings is 1. The van der Waals surface area contributed by atoms with Gasteiger partial charge in [0.05, 0.1) is 0 Å². The summed E-state index contributed by atoms with van der Waals surface area (Å²) >= 11 is 0. The molecular formula is C17H28N4O. The van der Waals surface area contributed by atoms with E-state index in [1.165, 1.54) is 25.9 Å². The quantitative estimate of drug-likeness (QED) is 0.758. The minimum atomic E-state index is -0.0804. The van der Waals surface area contributed by atoms with Gasteiger partial charge in [0, 0.05) is 31.4 Å². The molecule has 1 aliphatic heterocycles. The molecule has 1 fully saturated rings. The molecule has 2 N–H and O–H groups in total. The second kappa shape index (κ2) is 9.41. The third-order valence-corrected chi connectivity index (χ3v) is 4.21. The number of nitrogens with zero attached hydrogens (tertiary/aromatic N) is 2. The highest BCUT2D eigenvalue weighted by atomic mass is 16.2. The Balaban J connectivity index is 1.47. The van der Waals surface area contributed by atoms with E-state index >= 15 is 0 Å². The van der Waals surface area contributed by atoms with E-state index in [-0.39, 0.29) is 6.03 Å². The van der Waals surface area contributed by atoms with Crippen LogP contribution in [-0.2, 0) is 6.42 Å². The summed E-state index contributed by atoms with van der Waals surface area (Å²) in [6.07, 6.45) is 6.17. The first-order valence-corrected chi connectivity index (χ1v) is 8.38. The molecule has 0 radical (unpaired) electrons. The molecule has 5 nitrogen and oxygen atoms in total. The van der Waals surface area contributed by atoms with Crippen LogP contribution in [0.4, 0.5) is 4.79 Å². The zero-order valence-electron chi connectivity index (χ0n) is 13.6. The first-order valence-electron chi connectivity index (χ1n) is 8.38. The standard InChI is InChI=1S/C17H28N4O/c1-15-7-13-21(14-8-15)12-4-10-19-17(22)20-11-6-16-5-2-3-9-18-16/h2-3,5,9,15H,4,6-8,10-14H2,1H3,(H2,19,20,22). The Morgan fingerprint density at radius 3 is 2.77 bits per heavy atom. The average Bonchev–Trinajstić information content (AvgIpc) is 2.54. The van der Waals surface area contributed by atoms with Gasteiger partial charge in [0.25, 0.3) is 0 Å². The number of urea groups is 1. The maximum absolute atomic E-state index is 11.7. The topological polar surface area (TPSA) is 57.3 Å². The van der Waals surface area contributed by atoms with Crippen LogP contribution in [0, 0.1) is 5.92 Å². The fraction of sp³-hybridized carbons (Fsp3) is 0.647. The number of piperidine rings is 1. The number of hydrogen-bond acceptors (Lipinski definition) is 3. The van der Waals surface area contributed by atoms with Gasteiger partial charge in [0.15, 0.2) is 0 Å². The number of rotatable bonds is 7. The Labute approximate surface area is 133 Å². The Morgan fingerprint density at radius 1 is 1.27 bits per heavy atom. The van der Waals surface area contributed by atoms with Crippen molar-refractivity contribution in [3.8, 4) is 0 Å². The Bertz CT molecular complexity index is 430. The predicted octanol–water partition coefficient (Wildman–Crippen LogP) is 2.05. The summed E-state index contributed by atoms with van der Waals surface area (Å²) in [4.78, 5) is 18.4. The van der Waals surface area contributed by atoms with Gasteiger partial charge in [-0.2, -0.15) is 0 Å². The zero-order chi connectivity index (χ0) is 15.6. The molecule has 0 aromatic carbocycles. The summed E-state index contributed by atoms with van der Waals surface area (Å²) < 4.78 is 0. The monoisotopic (exact) mass is 304 g/mol. The molecule has 0 saturated carbocycles. The SMILES string of the molecule is CC1CCN(CCCNC(=O)NCCc2ccccn2)CC1. The van der Waals surface area contributed by atoms with Gasteiger partial charge in [-0.25, -0.2) is 4.79 Å². The molecule has 5 heteroatoms. The van der Waals surface area contributed by atoms with Gasteiger partial charge in [0.2, 0.25) is 0 Å². The maximum atomic E-state index is 11.7. The van der Waals surface area contributed by atoms with Crippen molar-refractivity contribution in [2.24, 2.45) is 5.92 Å². The van der Waals surface area contributed by atoms with Crippen LogP contribution in [0.2, 0.25) is 0 Å². The summed E-state index contributed by atoms with van der Waals surface area (Å²) in [5.41, 5.74) is 1.00. The molecule has 0 spiro atoms. The number of nitrogens with one attached hydrogen (secondary N) is 2. The van der Waals surface area contributed by atoms with Crippen molar-refractivity contribution in [1.82, 2.24) is 20.5 Å². The molecule has 122 valence electrons. The van der Waals surface area contributed by atoms with Crippen molar-refractivity contribution in [1.29, 1.82) is 0 Å². The van der Waals surface area contributed by atoms with Crippen molar-refractivity contribution < 1.29 is 4.79 Å². The Hall–Kier alpha value is -1.62. The Morgan fingerprint density at radius 2 is 2.05 bits per heavy atom. The van der Waals surface area contributed by atoms with Gasteiger partial charge in [0.1, 0.15) is 0 Å². The van der Waals surface area contributed by atoms with Gasteiger partial charge in [-0.15, -0.1) is 0 Å². The van der Waals surface area contributed by atoms with Crippen LogP contribution in [0.3, 0.4) is 0 Å². The summed E-state index contributed by atoms with van der Waals surface area (Å²) in [5, 5.41) is 5.79. The van der Waals surface area contributed by atoms with Gasteiger partial charge < -0.3 is 15.5 Å². The molecular weight excluding hydrogens is 276 g/mol. The van der Waals surface area contributed by atoms with E-state index in [4.69, 9.17) is 0 Å². The normalized spacial score (nSPS) is 16.4. The average molecular weight is 304 g/mol. The minimum absolute atomic E-state index is 0.0804. The molecule has 0 bridgehead atoms. The maximum Gasteiger partial charge on any atom is 0.314 e. The number of aromatic nitrogens is 1. The van der Waals surface area contributed by atoms with E-state index < -0.39 is 0 Å². The van der Waals surface area contributed by atoms with Crippen LogP contribution in [-0.4, -0.2) is 48.6 Å². The van der Waals surface area contributed by atoms with E-state index in [0.29, 0.717) is 6.54 Å². The lowest BCUT2D eigenvalue weighted by molar-refractivity contribution is 0.190. The predicted molar refractivity (Wildman–Crippen MR) is 88.8 cm³/mol. The first-order chi connectivity index (χ1) is 10.7. The van der Waals surface area contributed by atoms with E-state index in [1.807, 2.05) is 18.2 Å². The molecule has 0 atom stereocenters. The molecule has 22 heavy (non-hydrogen) atoms. The molecule has 2 rings (SSSR count). The highest BCUT2D eigenvalue weighted by Crippen LogP contribution is 2.15. The van der Waals surface area contributed by atoms with Crippen molar-refractivity contribution in [2.75, 3.05) is 32.7 Å². The molecule has 0 unspecified atom stereocenters. The number of carbonyl (C=O) groups is 1. The lowest BCUT2D eigenvalue weighted by Crippen LogP contribution is -2.39. The van der Waals surface area contributed by atoms with Crippen molar-refractivity contribution in [3.63, 3.8) is 0 Å². The number of carbonyl (C=O) groups excluding carboxylic acids is 1. The summed E-state index contributed by atoms with van der Waals surface area (Å²) in [7, 11) is 0. The number of hydrogen-bond donors (Lipinski definition) is 2. The van der Waals surface area contributed by atoms with Crippen LogP contribution in [0.25, 0.3) is 0 Å². The van der Waals surface area contributed by atoms with E-state index in [1.54, 1.807) is 6.20 Å².